The molecule has 0 spiro atoms. The second-order valence-corrected chi connectivity index (χ2v) is 4.56. The lowest BCUT2D eigenvalue weighted by atomic mass is 10.0. The molecule has 2 nitrogen and oxygen atoms in total. The average Bonchev–Trinajstić information content (AvgIpc) is 2.40. The Morgan fingerprint density at radius 3 is 2.61 bits per heavy atom. The number of nitrogens with one attached hydrogen (secondary N) is 1. The van der Waals surface area contributed by atoms with Crippen LogP contribution in [-0.4, -0.2) is 11.5 Å². The zero-order valence-electron chi connectivity index (χ0n) is 11.1. The van der Waals surface area contributed by atoms with Gasteiger partial charge in [-0.05, 0) is 48.7 Å². The van der Waals surface area contributed by atoms with Crippen molar-refractivity contribution in [1.82, 2.24) is 10.3 Å². The zero-order chi connectivity index (χ0) is 12.8. The van der Waals surface area contributed by atoms with Crippen molar-refractivity contribution in [1.29, 1.82) is 0 Å². The Kier molecular flexibility index (Phi) is 4.48. The Morgan fingerprint density at radius 1 is 1.11 bits per heavy atom. The highest BCUT2D eigenvalue weighted by atomic mass is 14.9. The largest absolute Gasteiger partial charge is 0.310 e. The molecule has 0 radical (unpaired) electrons. The molecule has 2 heteroatoms. The number of rotatable bonds is 5. The summed E-state index contributed by atoms with van der Waals surface area (Å²) in [4.78, 5) is 4.05. The van der Waals surface area contributed by atoms with Crippen LogP contribution in [-0.2, 0) is 6.42 Å². The van der Waals surface area contributed by atoms with E-state index in [1.54, 1.807) is 0 Å². The van der Waals surface area contributed by atoms with E-state index in [1.165, 1.54) is 16.7 Å². The molecule has 0 amide bonds. The predicted molar refractivity (Wildman–Crippen MR) is 75.6 cm³/mol. The molecule has 0 bridgehead atoms. The maximum Gasteiger partial charge on any atom is 0.0291 e. The van der Waals surface area contributed by atoms with Crippen LogP contribution in [0, 0.1) is 0 Å². The predicted octanol–water partition coefficient (Wildman–Crippen LogP) is 3.34. The van der Waals surface area contributed by atoms with E-state index in [0.717, 1.165) is 13.0 Å². The van der Waals surface area contributed by atoms with E-state index < -0.39 is 0 Å². The van der Waals surface area contributed by atoms with Crippen molar-refractivity contribution in [2.75, 3.05) is 6.54 Å². The van der Waals surface area contributed by atoms with E-state index >= 15 is 0 Å². The van der Waals surface area contributed by atoms with Crippen molar-refractivity contribution >= 4 is 0 Å². The fraction of sp³-hybridized carbons (Fsp3) is 0.312. The lowest BCUT2D eigenvalue weighted by Gasteiger charge is -2.14. The number of hydrogen-bond donors (Lipinski definition) is 1. The summed E-state index contributed by atoms with van der Waals surface area (Å²) in [7, 11) is 0. The summed E-state index contributed by atoms with van der Waals surface area (Å²) in [5.74, 6) is 0. The van der Waals surface area contributed by atoms with Crippen molar-refractivity contribution in [3.63, 3.8) is 0 Å². The van der Waals surface area contributed by atoms with Gasteiger partial charge >= 0.3 is 0 Å². The molecule has 18 heavy (non-hydrogen) atoms. The molecule has 2 aromatic rings. The Bertz CT molecular complexity index is 479. The van der Waals surface area contributed by atoms with Gasteiger partial charge in [-0.1, -0.05) is 31.2 Å². The first kappa shape index (κ1) is 12.8. The summed E-state index contributed by atoms with van der Waals surface area (Å²) >= 11 is 0. The number of pyridine rings is 1. The summed E-state index contributed by atoms with van der Waals surface area (Å²) in [6, 6.07) is 13.3. The molecular formula is C16H20N2. The van der Waals surface area contributed by atoms with Crippen LogP contribution in [0.15, 0.2) is 48.8 Å². The molecule has 0 aliphatic carbocycles. The third kappa shape index (κ3) is 3.41. The Morgan fingerprint density at radius 2 is 1.89 bits per heavy atom. The van der Waals surface area contributed by atoms with Gasteiger partial charge < -0.3 is 5.32 Å². The second kappa shape index (κ2) is 6.31. The standard InChI is InChI=1S/C16H20N2/c1-3-18-13(2)16-6-4-5-15(12-16)11-14-7-9-17-10-8-14/h4-10,12-13,18H,3,11H2,1-2H3. The van der Waals surface area contributed by atoms with Crippen LogP contribution < -0.4 is 5.32 Å². The maximum absolute atomic E-state index is 4.05. The number of aromatic nitrogens is 1. The summed E-state index contributed by atoms with van der Waals surface area (Å²) in [5, 5.41) is 3.44. The highest BCUT2D eigenvalue weighted by Gasteiger charge is 2.04. The monoisotopic (exact) mass is 240 g/mol. The van der Waals surface area contributed by atoms with E-state index in [0.29, 0.717) is 6.04 Å². The molecule has 1 atom stereocenters. The second-order valence-electron chi connectivity index (χ2n) is 4.56. The van der Waals surface area contributed by atoms with Gasteiger partial charge in [0.2, 0.25) is 0 Å². The molecule has 0 saturated heterocycles. The highest BCUT2D eigenvalue weighted by molar-refractivity contribution is 5.30. The van der Waals surface area contributed by atoms with Crippen LogP contribution in [0.2, 0.25) is 0 Å². The summed E-state index contributed by atoms with van der Waals surface area (Å²) in [6.07, 6.45) is 4.66. The quantitative estimate of drug-likeness (QED) is 0.867. The minimum Gasteiger partial charge on any atom is -0.310 e. The van der Waals surface area contributed by atoms with Crippen molar-refractivity contribution in [3.05, 3.63) is 65.5 Å². The van der Waals surface area contributed by atoms with E-state index in [-0.39, 0.29) is 0 Å². The van der Waals surface area contributed by atoms with Crippen LogP contribution in [0.25, 0.3) is 0 Å². The van der Waals surface area contributed by atoms with Crippen molar-refractivity contribution in [2.24, 2.45) is 0 Å². The van der Waals surface area contributed by atoms with Gasteiger partial charge in [0.1, 0.15) is 0 Å². The van der Waals surface area contributed by atoms with E-state index in [9.17, 15) is 0 Å². The molecule has 1 aromatic carbocycles. The average molecular weight is 240 g/mol. The Hall–Kier alpha value is -1.67. The van der Waals surface area contributed by atoms with Gasteiger partial charge in [-0.25, -0.2) is 0 Å². The lowest BCUT2D eigenvalue weighted by Crippen LogP contribution is -2.17. The van der Waals surface area contributed by atoms with Crippen LogP contribution in [0.3, 0.4) is 0 Å². The van der Waals surface area contributed by atoms with Gasteiger partial charge in [-0.3, -0.25) is 4.98 Å². The number of hydrogen-bond acceptors (Lipinski definition) is 2. The highest BCUT2D eigenvalue weighted by Crippen LogP contribution is 2.16. The van der Waals surface area contributed by atoms with Crippen LogP contribution in [0.4, 0.5) is 0 Å². The van der Waals surface area contributed by atoms with E-state index in [2.05, 4.69) is 60.5 Å². The normalized spacial score (nSPS) is 12.3. The van der Waals surface area contributed by atoms with Gasteiger partial charge in [-0.15, -0.1) is 0 Å². The summed E-state index contributed by atoms with van der Waals surface area (Å²) < 4.78 is 0. The summed E-state index contributed by atoms with van der Waals surface area (Å²) in [6.45, 7) is 5.34. The number of benzene rings is 1. The molecule has 1 unspecified atom stereocenters. The maximum atomic E-state index is 4.05. The summed E-state index contributed by atoms with van der Waals surface area (Å²) in [5.41, 5.74) is 4.00. The van der Waals surface area contributed by atoms with Gasteiger partial charge in [0.05, 0.1) is 0 Å². The van der Waals surface area contributed by atoms with Crippen LogP contribution in [0.5, 0.6) is 0 Å². The van der Waals surface area contributed by atoms with Gasteiger partial charge in [-0.2, -0.15) is 0 Å². The minimum atomic E-state index is 0.410. The minimum absolute atomic E-state index is 0.410. The topological polar surface area (TPSA) is 24.9 Å². The van der Waals surface area contributed by atoms with Crippen LogP contribution in [0.1, 0.15) is 36.6 Å². The Labute approximate surface area is 109 Å². The third-order valence-corrected chi connectivity index (χ3v) is 3.12. The number of nitrogens with zero attached hydrogens (tertiary/aromatic N) is 1. The van der Waals surface area contributed by atoms with Crippen molar-refractivity contribution in [3.8, 4) is 0 Å². The molecule has 0 saturated carbocycles. The SMILES string of the molecule is CCNC(C)c1cccc(Cc2ccncc2)c1. The fourth-order valence-electron chi connectivity index (χ4n) is 2.13. The molecular weight excluding hydrogens is 220 g/mol. The van der Waals surface area contributed by atoms with Crippen molar-refractivity contribution < 1.29 is 0 Å². The van der Waals surface area contributed by atoms with Gasteiger partial charge in [0, 0.05) is 18.4 Å². The van der Waals surface area contributed by atoms with Crippen LogP contribution >= 0.6 is 0 Å². The molecule has 0 fully saturated rings. The first-order valence-electron chi connectivity index (χ1n) is 6.50. The van der Waals surface area contributed by atoms with Gasteiger partial charge in [0.25, 0.3) is 0 Å². The zero-order valence-corrected chi connectivity index (χ0v) is 11.1. The lowest BCUT2D eigenvalue weighted by molar-refractivity contribution is 0.597. The van der Waals surface area contributed by atoms with E-state index in [4.69, 9.17) is 0 Å². The molecule has 1 heterocycles. The molecule has 0 aliphatic rings. The fourth-order valence-corrected chi connectivity index (χ4v) is 2.13. The van der Waals surface area contributed by atoms with E-state index in [1.807, 2.05) is 12.4 Å². The van der Waals surface area contributed by atoms with Gasteiger partial charge in [0.15, 0.2) is 0 Å². The molecule has 0 aliphatic heterocycles. The first-order chi connectivity index (χ1) is 8.79. The molecule has 94 valence electrons. The first-order valence-corrected chi connectivity index (χ1v) is 6.50. The smallest absolute Gasteiger partial charge is 0.0291 e. The Balaban J connectivity index is 2.12. The third-order valence-electron chi connectivity index (χ3n) is 3.12. The molecule has 1 aromatic heterocycles. The molecule has 2 rings (SSSR count). The van der Waals surface area contributed by atoms with Crippen molar-refractivity contribution in [2.45, 2.75) is 26.3 Å². The molecule has 1 N–H and O–H groups in total.